The molecular formula is C52H32N2. The molecule has 0 aliphatic heterocycles. The summed E-state index contributed by atoms with van der Waals surface area (Å²) in [4.78, 5) is 0. The van der Waals surface area contributed by atoms with Gasteiger partial charge in [-0.1, -0.05) is 133 Å². The Bertz CT molecular complexity index is 3480. The summed E-state index contributed by atoms with van der Waals surface area (Å²) in [5, 5.41) is 15.2. The fraction of sp³-hybridized carbons (Fsp3) is 0. The van der Waals surface area contributed by atoms with E-state index in [9.17, 15) is 0 Å². The first-order chi connectivity index (χ1) is 26.8. The Morgan fingerprint density at radius 3 is 1.50 bits per heavy atom. The number of benzene rings is 10. The van der Waals surface area contributed by atoms with Gasteiger partial charge in [-0.3, -0.25) is 0 Å². The Kier molecular flexibility index (Phi) is 6.09. The van der Waals surface area contributed by atoms with Crippen molar-refractivity contribution in [3.8, 4) is 22.5 Å². The van der Waals surface area contributed by atoms with Gasteiger partial charge in [-0.25, -0.2) is 0 Å². The van der Waals surface area contributed by atoms with Gasteiger partial charge in [0, 0.05) is 38.3 Å². The average Bonchev–Trinajstić information content (AvgIpc) is 3.75. The zero-order valence-corrected chi connectivity index (χ0v) is 29.4. The molecule has 0 unspecified atom stereocenters. The third kappa shape index (κ3) is 4.17. The van der Waals surface area contributed by atoms with Gasteiger partial charge in [0.05, 0.1) is 22.1 Å². The van der Waals surface area contributed by atoms with Crippen LogP contribution < -0.4 is 0 Å². The highest BCUT2D eigenvalue weighted by Crippen LogP contribution is 2.42. The number of nitrogens with zero attached hydrogens (tertiary/aromatic N) is 2. The Balaban J connectivity index is 1.14. The van der Waals surface area contributed by atoms with E-state index in [1.54, 1.807) is 0 Å². The van der Waals surface area contributed by atoms with Crippen molar-refractivity contribution in [1.82, 2.24) is 9.13 Å². The van der Waals surface area contributed by atoms with Gasteiger partial charge < -0.3 is 9.13 Å². The summed E-state index contributed by atoms with van der Waals surface area (Å²) in [5.41, 5.74) is 9.64. The van der Waals surface area contributed by atoms with Crippen LogP contribution in [0.3, 0.4) is 0 Å². The topological polar surface area (TPSA) is 9.86 Å². The molecule has 54 heavy (non-hydrogen) atoms. The summed E-state index contributed by atoms with van der Waals surface area (Å²) in [7, 11) is 0. The summed E-state index contributed by atoms with van der Waals surface area (Å²) < 4.78 is 4.90. The maximum Gasteiger partial charge on any atom is 0.0625 e. The lowest BCUT2D eigenvalue weighted by atomic mass is 9.97. The molecule has 2 heterocycles. The molecule has 0 spiro atoms. The van der Waals surface area contributed by atoms with E-state index >= 15 is 0 Å². The van der Waals surface area contributed by atoms with Crippen molar-refractivity contribution in [3.05, 3.63) is 194 Å². The minimum absolute atomic E-state index is 1.17. The van der Waals surface area contributed by atoms with Crippen LogP contribution in [-0.2, 0) is 0 Å². The van der Waals surface area contributed by atoms with Crippen LogP contribution in [-0.4, -0.2) is 9.13 Å². The second kappa shape index (κ2) is 11.2. The maximum atomic E-state index is 2.47. The lowest BCUT2D eigenvalue weighted by molar-refractivity contribution is 1.18. The molecular weight excluding hydrogens is 653 g/mol. The van der Waals surface area contributed by atoms with Crippen molar-refractivity contribution in [2.75, 3.05) is 0 Å². The molecule has 0 aliphatic carbocycles. The molecule has 2 aromatic heterocycles. The molecule has 12 rings (SSSR count). The van der Waals surface area contributed by atoms with Gasteiger partial charge in [-0.2, -0.15) is 0 Å². The van der Waals surface area contributed by atoms with Crippen LogP contribution in [0.15, 0.2) is 194 Å². The first kappa shape index (κ1) is 29.4. The van der Waals surface area contributed by atoms with Crippen LogP contribution in [0, 0.1) is 0 Å². The van der Waals surface area contributed by atoms with E-state index in [2.05, 4.69) is 203 Å². The van der Waals surface area contributed by atoms with Crippen molar-refractivity contribution >= 4 is 86.7 Å². The lowest BCUT2D eigenvalue weighted by Crippen LogP contribution is -1.94. The van der Waals surface area contributed by atoms with Crippen LogP contribution in [0.4, 0.5) is 0 Å². The predicted octanol–water partition coefficient (Wildman–Crippen LogP) is 14.2. The fourth-order valence-electron chi connectivity index (χ4n) is 9.18. The van der Waals surface area contributed by atoms with Crippen LogP contribution in [0.2, 0.25) is 0 Å². The van der Waals surface area contributed by atoms with E-state index in [0.717, 1.165) is 0 Å². The number of rotatable bonds is 3. The summed E-state index contributed by atoms with van der Waals surface area (Å²) in [6, 6.07) is 71.6. The minimum Gasteiger partial charge on any atom is -0.309 e. The molecule has 0 fully saturated rings. The van der Waals surface area contributed by atoms with Crippen LogP contribution >= 0.6 is 0 Å². The van der Waals surface area contributed by atoms with Crippen LogP contribution in [0.1, 0.15) is 0 Å². The SMILES string of the molecule is c1ccc(-n2c3ccc(-c4ccc5c(c4)c4ccc6ccc7ccccc7c6c4n5-c4ccccc4)cc3c3cc4ccc5ccccc5c4cc32)cc1. The molecule has 0 saturated heterocycles. The van der Waals surface area contributed by atoms with Gasteiger partial charge in [-0.05, 0) is 109 Å². The number of fused-ring (bicyclic) bond motifs is 13. The van der Waals surface area contributed by atoms with Crippen molar-refractivity contribution in [1.29, 1.82) is 0 Å². The minimum atomic E-state index is 1.17. The lowest BCUT2D eigenvalue weighted by Gasteiger charge is -2.12. The molecule has 10 aromatic carbocycles. The highest BCUT2D eigenvalue weighted by molar-refractivity contribution is 6.26. The molecule has 12 aromatic rings. The Labute approximate surface area is 311 Å². The van der Waals surface area contributed by atoms with E-state index in [1.807, 2.05) is 0 Å². The van der Waals surface area contributed by atoms with Gasteiger partial charge in [0.15, 0.2) is 0 Å². The van der Waals surface area contributed by atoms with Crippen molar-refractivity contribution in [2.45, 2.75) is 0 Å². The fourth-order valence-corrected chi connectivity index (χ4v) is 9.18. The normalized spacial score (nSPS) is 12.1. The summed E-state index contributed by atoms with van der Waals surface area (Å²) in [6.07, 6.45) is 0. The second-order valence-electron chi connectivity index (χ2n) is 14.5. The van der Waals surface area contributed by atoms with E-state index in [-0.39, 0.29) is 0 Å². The Morgan fingerprint density at radius 2 is 0.778 bits per heavy atom. The number of hydrogen-bond acceptors (Lipinski definition) is 0. The van der Waals surface area contributed by atoms with Gasteiger partial charge in [-0.15, -0.1) is 0 Å². The van der Waals surface area contributed by atoms with Gasteiger partial charge in [0.2, 0.25) is 0 Å². The van der Waals surface area contributed by atoms with Crippen LogP contribution in [0.25, 0.3) is 109 Å². The Morgan fingerprint density at radius 1 is 0.259 bits per heavy atom. The summed E-state index contributed by atoms with van der Waals surface area (Å²) in [5.74, 6) is 0. The third-order valence-corrected chi connectivity index (χ3v) is 11.6. The van der Waals surface area contributed by atoms with Gasteiger partial charge >= 0.3 is 0 Å². The zero-order chi connectivity index (χ0) is 35.3. The zero-order valence-electron chi connectivity index (χ0n) is 29.4. The first-order valence-corrected chi connectivity index (χ1v) is 18.7. The van der Waals surface area contributed by atoms with Crippen molar-refractivity contribution in [3.63, 3.8) is 0 Å². The standard InChI is InChI=1S/C52H32N2/c1-3-13-39(14-4-1)53-48-27-24-37(30-46(48)47-31-38-22-20-33-11-7-9-17-41(33)44(38)32-50(47)53)36-25-28-49-45(29-36)43-26-23-35-21-19-34-12-8-10-18-42(34)51(35)52(43)54(49)40-15-5-2-6-16-40/h1-32H. The van der Waals surface area contributed by atoms with Crippen LogP contribution in [0.5, 0.6) is 0 Å². The quantitative estimate of drug-likeness (QED) is 0.164. The van der Waals surface area contributed by atoms with E-state index in [4.69, 9.17) is 0 Å². The smallest absolute Gasteiger partial charge is 0.0625 e. The molecule has 2 heteroatoms. The van der Waals surface area contributed by atoms with E-state index < -0.39 is 0 Å². The van der Waals surface area contributed by atoms with Gasteiger partial charge in [0.1, 0.15) is 0 Å². The molecule has 0 amide bonds. The first-order valence-electron chi connectivity index (χ1n) is 18.7. The molecule has 0 radical (unpaired) electrons. The maximum absolute atomic E-state index is 2.47. The third-order valence-electron chi connectivity index (χ3n) is 11.6. The number of aromatic nitrogens is 2. The molecule has 0 bridgehead atoms. The van der Waals surface area contributed by atoms with E-state index in [0.29, 0.717) is 0 Å². The highest BCUT2D eigenvalue weighted by Gasteiger charge is 2.19. The molecule has 250 valence electrons. The highest BCUT2D eigenvalue weighted by atomic mass is 15.0. The molecule has 2 nitrogen and oxygen atoms in total. The van der Waals surface area contributed by atoms with Crippen molar-refractivity contribution < 1.29 is 0 Å². The molecule has 0 saturated carbocycles. The van der Waals surface area contributed by atoms with E-state index in [1.165, 1.54) is 109 Å². The number of hydrogen-bond donors (Lipinski definition) is 0. The van der Waals surface area contributed by atoms with Crippen molar-refractivity contribution in [2.24, 2.45) is 0 Å². The molecule has 0 atom stereocenters. The monoisotopic (exact) mass is 684 g/mol. The van der Waals surface area contributed by atoms with Gasteiger partial charge in [0.25, 0.3) is 0 Å². The summed E-state index contributed by atoms with van der Waals surface area (Å²) >= 11 is 0. The molecule has 0 aliphatic rings. The number of para-hydroxylation sites is 2. The summed E-state index contributed by atoms with van der Waals surface area (Å²) in [6.45, 7) is 0. The Hall–Kier alpha value is -7.16. The molecule has 0 N–H and O–H groups in total. The average molecular weight is 685 g/mol. The largest absolute Gasteiger partial charge is 0.309 e. The predicted molar refractivity (Wildman–Crippen MR) is 231 cm³/mol. The second-order valence-corrected chi connectivity index (χ2v) is 14.5.